The summed E-state index contributed by atoms with van der Waals surface area (Å²) in [5.41, 5.74) is 2.15. The van der Waals surface area contributed by atoms with Gasteiger partial charge in [-0.3, -0.25) is 4.79 Å². The van der Waals surface area contributed by atoms with Gasteiger partial charge in [0.1, 0.15) is 28.5 Å². The molecule has 0 unspecified atom stereocenters. The van der Waals surface area contributed by atoms with Crippen molar-refractivity contribution in [3.05, 3.63) is 35.7 Å². The Balaban J connectivity index is 1.31. The summed E-state index contributed by atoms with van der Waals surface area (Å²) in [7, 11) is 0. The van der Waals surface area contributed by atoms with Gasteiger partial charge in [-0.2, -0.15) is 8.75 Å². The number of aryl methyl sites for hydroxylation is 1. The Bertz CT molecular complexity index is 952. The van der Waals surface area contributed by atoms with Crippen LogP contribution in [-0.4, -0.2) is 50.8 Å². The number of anilines is 2. The Morgan fingerprint density at radius 1 is 1.11 bits per heavy atom. The summed E-state index contributed by atoms with van der Waals surface area (Å²) in [4.78, 5) is 23.5. The minimum absolute atomic E-state index is 0.122. The summed E-state index contributed by atoms with van der Waals surface area (Å²) < 4.78 is 8.31. The Hall–Kier alpha value is -2.81. The first-order valence-electron chi connectivity index (χ1n) is 9.04. The molecule has 0 spiro atoms. The molecule has 140 valence electrons. The molecule has 0 radical (unpaired) electrons. The van der Waals surface area contributed by atoms with Gasteiger partial charge in [-0.25, -0.2) is 9.97 Å². The summed E-state index contributed by atoms with van der Waals surface area (Å²) in [6.45, 7) is 5.07. The van der Waals surface area contributed by atoms with E-state index in [0.717, 1.165) is 53.3 Å². The molecule has 4 rings (SSSR count). The summed E-state index contributed by atoms with van der Waals surface area (Å²) in [6.07, 6.45) is 2.42. The Morgan fingerprint density at radius 2 is 1.93 bits per heavy atom. The van der Waals surface area contributed by atoms with Gasteiger partial charge in [0.15, 0.2) is 0 Å². The lowest BCUT2D eigenvalue weighted by atomic mass is 10.2. The molecule has 3 aromatic rings. The maximum Gasteiger partial charge on any atom is 0.251 e. The highest BCUT2D eigenvalue weighted by Crippen LogP contribution is 2.20. The fourth-order valence-corrected chi connectivity index (χ4v) is 3.66. The minimum Gasteiger partial charge on any atom is -0.368 e. The zero-order chi connectivity index (χ0) is 18.6. The van der Waals surface area contributed by atoms with E-state index in [1.807, 2.05) is 19.1 Å². The predicted octanol–water partition coefficient (Wildman–Crippen LogP) is 2.23. The number of aromatic nitrogens is 4. The normalized spacial score (nSPS) is 13.9. The average molecular weight is 383 g/mol. The molecule has 9 heteroatoms. The van der Waals surface area contributed by atoms with Crippen LogP contribution in [0.4, 0.5) is 11.6 Å². The molecule has 1 aliphatic rings. The van der Waals surface area contributed by atoms with Crippen LogP contribution in [0.5, 0.6) is 0 Å². The first-order chi connectivity index (χ1) is 13.2. The summed E-state index contributed by atoms with van der Waals surface area (Å²) in [5, 5.41) is 6.18. The van der Waals surface area contributed by atoms with E-state index in [-0.39, 0.29) is 5.91 Å². The van der Waals surface area contributed by atoms with Crippen molar-refractivity contribution in [2.75, 3.05) is 36.4 Å². The third-order valence-corrected chi connectivity index (χ3v) is 5.04. The third kappa shape index (κ3) is 4.13. The van der Waals surface area contributed by atoms with Gasteiger partial charge in [-0.15, -0.1) is 0 Å². The maximum absolute atomic E-state index is 12.3. The molecule has 2 aromatic heterocycles. The van der Waals surface area contributed by atoms with Crippen molar-refractivity contribution in [1.82, 2.24) is 24.0 Å². The second-order valence-electron chi connectivity index (χ2n) is 6.50. The fraction of sp³-hybridized carbons (Fsp3) is 0.389. The molecule has 2 N–H and O–H groups in total. The van der Waals surface area contributed by atoms with Crippen molar-refractivity contribution in [2.45, 2.75) is 19.8 Å². The molecule has 0 atom stereocenters. The van der Waals surface area contributed by atoms with E-state index in [9.17, 15) is 4.79 Å². The lowest BCUT2D eigenvalue weighted by Crippen LogP contribution is -2.29. The van der Waals surface area contributed by atoms with E-state index < -0.39 is 0 Å². The lowest BCUT2D eigenvalue weighted by molar-refractivity contribution is 0.0955. The predicted molar refractivity (Wildman–Crippen MR) is 106 cm³/mol. The average Bonchev–Trinajstić information content (AvgIpc) is 3.35. The zero-order valence-corrected chi connectivity index (χ0v) is 15.9. The van der Waals surface area contributed by atoms with Gasteiger partial charge in [0.05, 0.1) is 11.7 Å². The quantitative estimate of drug-likeness (QED) is 0.630. The number of rotatable bonds is 6. The van der Waals surface area contributed by atoms with Crippen LogP contribution >= 0.6 is 11.7 Å². The van der Waals surface area contributed by atoms with Gasteiger partial charge >= 0.3 is 0 Å². The molecular formula is C18H21N7OS. The van der Waals surface area contributed by atoms with Crippen LogP contribution in [0.2, 0.25) is 0 Å². The van der Waals surface area contributed by atoms with Gasteiger partial charge in [0.2, 0.25) is 0 Å². The summed E-state index contributed by atoms with van der Waals surface area (Å²) >= 11 is 1.15. The number of carbonyl (C=O) groups is 1. The molecule has 1 amide bonds. The van der Waals surface area contributed by atoms with Crippen molar-refractivity contribution >= 4 is 40.3 Å². The van der Waals surface area contributed by atoms with Gasteiger partial charge in [0.25, 0.3) is 5.91 Å². The summed E-state index contributed by atoms with van der Waals surface area (Å²) in [5.74, 6) is 2.38. The van der Waals surface area contributed by atoms with Crippen molar-refractivity contribution < 1.29 is 4.79 Å². The van der Waals surface area contributed by atoms with E-state index in [4.69, 9.17) is 0 Å². The van der Waals surface area contributed by atoms with E-state index in [1.54, 1.807) is 12.1 Å². The van der Waals surface area contributed by atoms with Crippen LogP contribution in [0.1, 0.15) is 29.0 Å². The van der Waals surface area contributed by atoms with Crippen LogP contribution < -0.4 is 15.5 Å². The van der Waals surface area contributed by atoms with E-state index >= 15 is 0 Å². The Labute approximate surface area is 161 Å². The lowest BCUT2D eigenvalue weighted by Gasteiger charge is -2.17. The molecular weight excluding hydrogens is 362 g/mol. The molecule has 1 aromatic carbocycles. The van der Waals surface area contributed by atoms with Crippen LogP contribution in [0, 0.1) is 6.92 Å². The number of hydrogen-bond donors (Lipinski definition) is 2. The van der Waals surface area contributed by atoms with Crippen molar-refractivity contribution in [2.24, 2.45) is 0 Å². The zero-order valence-electron chi connectivity index (χ0n) is 15.1. The van der Waals surface area contributed by atoms with Crippen LogP contribution in [-0.2, 0) is 0 Å². The highest BCUT2D eigenvalue weighted by molar-refractivity contribution is 7.00. The highest BCUT2D eigenvalue weighted by atomic mass is 32.1. The molecule has 1 fully saturated rings. The number of hydrogen-bond acceptors (Lipinski definition) is 8. The standard InChI is InChI=1S/C18H21N7OS/c1-12-21-16(11-17(22-12)25-8-2-3-9-25)19-6-7-20-18(26)13-4-5-14-15(10-13)24-27-23-14/h4-5,10-11H,2-3,6-9H2,1H3,(H,20,26)(H,19,21,22). The number of benzene rings is 1. The summed E-state index contributed by atoms with van der Waals surface area (Å²) in [6, 6.07) is 7.32. The van der Waals surface area contributed by atoms with Crippen LogP contribution in [0.25, 0.3) is 11.0 Å². The molecule has 3 heterocycles. The minimum atomic E-state index is -0.122. The Kier molecular flexibility index (Phi) is 5.10. The molecule has 1 saturated heterocycles. The number of fused-ring (bicyclic) bond motifs is 1. The second-order valence-corrected chi connectivity index (χ2v) is 7.03. The largest absolute Gasteiger partial charge is 0.368 e. The van der Waals surface area contributed by atoms with Crippen molar-refractivity contribution in [3.63, 3.8) is 0 Å². The molecule has 27 heavy (non-hydrogen) atoms. The molecule has 1 aliphatic heterocycles. The molecule has 0 saturated carbocycles. The first kappa shape index (κ1) is 17.6. The SMILES string of the molecule is Cc1nc(NCCNC(=O)c2ccc3nsnc3c2)cc(N2CCCC2)n1. The monoisotopic (exact) mass is 383 g/mol. The van der Waals surface area contributed by atoms with Gasteiger partial charge in [-0.05, 0) is 38.0 Å². The van der Waals surface area contributed by atoms with Gasteiger partial charge < -0.3 is 15.5 Å². The smallest absolute Gasteiger partial charge is 0.251 e. The van der Waals surface area contributed by atoms with Crippen molar-refractivity contribution in [1.29, 1.82) is 0 Å². The highest BCUT2D eigenvalue weighted by Gasteiger charge is 2.15. The number of amides is 1. The van der Waals surface area contributed by atoms with Crippen molar-refractivity contribution in [3.8, 4) is 0 Å². The molecule has 0 bridgehead atoms. The van der Waals surface area contributed by atoms with E-state index in [1.165, 1.54) is 12.8 Å². The van der Waals surface area contributed by atoms with Gasteiger partial charge in [-0.1, -0.05) is 0 Å². The number of carbonyl (C=O) groups excluding carboxylic acids is 1. The van der Waals surface area contributed by atoms with Crippen LogP contribution in [0.15, 0.2) is 24.3 Å². The second kappa shape index (κ2) is 7.83. The molecule has 0 aliphatic carbocycles. The third-order valence-electron chi connectivity index (χ3n) is 4.49. The first-order valence-corrected chi connectivity index (χ1v) is 9.77. The van der Waals surface area contributed by atoms with E-state index in [0.29, 0.717) is 18.7 Å². The Morgan fingerprint density at radius 3 is 2.78 bits per heavy atom. The van der Waals surface area contributed by atoms with Gasteiger partial charge in [0, 0.05) is 37.8 Å². The topological polar surface area (TPSA) is 95.9 Å². The van der Waals surface area contributed by atoms with Crippen LogP contribution in [0.3, 0.4) is 0 Å². The maximum atomic E-state index is 12.3. The number of nitrogens with one attached hydrogen (secondary N) is 2. The molecule has 8 nitrogen and oxygen atoms in total. The number of nitrogens with zero attached hydrogens (tertiary/aromatic N) is 5. The van der Waals surface area contributed by atoms with E-state index in [2.05, 4.69) is 34.2 Å². The fourth-order valence-electron chi connectivity index (χ4n) is 3.14.